The molecule has 0 amide bonds. The lowest BCUT2D eigenvalue weighted by atomic mass is 10.2. The zero-order chi connectivity index (χ0) is 18.0. The molecule has 0 unspecified atom stereocenters. The summed E-state index contributed by atoms with van der Waals surface area (Å²) < 4.78 is 61.1. The van der Waals surface area contributed by atoms with Gasteiger partial charge in [-0.2, -0.15) is 4.31 Å². The van der Waals surface area contributed by atoms with E-state index in [1.54, 1.807) is 6.07 Å². The van der Waals surface area contributed by atoms with E-state index >= 15 is 0 Å². The van der Waals surface area contributed by atoms with Crippen molar-refractivity contribution in [1.29, 1.82) is 0 Å². The molecule has 134 valence electrons. The van der Waals surface area contributed by atoms with Crippen LogP contribution in [0.4, 0.5) is 0 Å². The zero-order valence-corrected chi connectivity index (χ0v) is 15.3. The van der Waals surface area contributed by atoms with Crippen LogP contribution in [0.2, 0.25) is 0 Å². The van der Waals surface area contributed by atoms with E-state index in [2.05, 4.69) is 6.58 Å². The first kappa shape index (κ1) is 18.8. The Balaban J connectivity index is 2.51. The predicted octanol–water partition coefficient (Wildman–Crippen LogP) is 1.07. The second kappa shape index (κ2) is 7.12. The van der Waals surface area contributed by atoms with Crippen LogP contribution in [-0.2, 0) is 19.9 Å². The van der Waals surface area contributed by atoms with Crippen molar-refractivity contribution in [2.24, 2.45) is 0 Å². The average molecular weight is 375 g/mol. The molecule has 0 spiro atoms. The topological polar surface area (TPSA) is 90.0 Å². The molecule has 9 heteroatoms. The van der Waals surface area contributed by atoms with Gasteiger partial charge in [-0.15, -0.1) is 6.58 Å². The van der Waals surface area contributed by atoms with Crippen LogP contribution in [0.3, 0.4) is 0 Å². The summed E-state index contributed by atoms with van der Waals surface area (Å²) >= 11 is 0. The average Bonchev–Trinajstić information content (AvgIpc) is 2.91. The van der Waals surface area contributed by atoms with Crippen LogP contribution in [0.15, 0.2) is 35.7 Å². The number of hydrogen-bond donors (Lipinski definition) is 0. The Hall–Kier alpha value is -1.58. The molecule has 0 aliphatic carbocycles. The van der Waals surface area contributed by atoms with Crippen molar-refractivity contribution in [2.45, 2.75) is 17.4 Å². The van der Waals surface area contributed by atoms with Crippen molar-refractivity contribution < 1.29 is 26.3 Å². The van der Waals surface area contributed by atoms with Gasteiger partial charge >= 0.3 is 0 Å². The number of rotatable bonds is 7. The van der Waals surface area contributed by atoms with Gasteiger partial charge < -0.3 is 9.47 Å². The standard InChI is InChI=1S/C15H21NO6S2/c1-4-8-16(12-7-9-23(17,18)11-12)24(19,20)15-10-13(21-2)5-6-14(15)22-3/h4-6,10,12H,1,7-9,11H2,2-3H3/t12-/m1/s1. The fourth-order valence-corrected chi connectivity index (χ4v) is 6.31. The maximum absolute atomic E-state index is 13.1. The molecule has 0 saturated carbocycles. The molecule has 24 heavy (non-hydrogen) atoms. The van der Waals surface area contributed by atoms with Gasteiger partial charge in [0.1, 0.15) is 16.4 Å². The van der Waals surface area contributed by atoms with E-state index in [1.165, 1.54) is 36.7 Å². The molecule has 1 fully saturated rings. The Morgan fingerprint density at radius 1 is 1.33 bits per heavy atom. The van der Waals surface area contributed by atoms with E-state index < -0.39 is 25.9 Å². The van der Waals surface area contributed by atoms with E-state index in [4.69, 9.17) is 9.47 Å². The van der Waals surface area contributed by atoms with Gasteiger partial charge in [0.15, 0.2) is 9.84 Å². The SMILES string of the molecule is C=CCN([C@@H]1CCS(=O)(=O)C1)S(=O)(=O)c1cc(OC)ccc1OC. The molecule has 1 aliphatic heterocycles. The van der Waals surface area contributed by atoms with Crippen LogP contribution >= 0.6 is 0 Å². The fraction of sp³-hybridized carbons (Fsp3) is 0.467. The lowest BCUT2D eigenvalue weighted by Gasteiger charge is -2.27. The molecule has 1 aromatic rings. The monoisotopic (exact) mass is 375 g/mol. The predicted molar refractivity (Wildman–Crippen MR) is 90.7 cm³/mol. The molecule has 7 nitrogen and oxygen atoms in total. The third kappa shape index (κ3) is 3.73. The molecule has 1 aromatic carbocycles. The number of ether oxygens (including phenoxy) is 2. The third-order valence-corrected chi connectivity index (χ3v) is 7.57. The quantitative estimate of drug-likeness (QED) is 0.662. The maximum Gasteiger partial charge on any atom is 0.247 e. The largest absolute Gasteiger partial charge is 0.497 e. The smallest absolute Gasteiger partial charge is 0.247 e. The van der Waals surface area contributed by atoms with Gasteiger partial charge in [0.2, 0.25) is 10.0 Å². The van der Waals surface area contributed by atoms with Crippen molar-refractivity contribution in [1.82, 2.24) is 4.31 Å². The van der Waals surface area contributed by atoms with Gasteiger partial charge in [-0.25, -0.2) is 16.8 Å². The van der Waals surface area contributed by atoms with E-state index in [-0.39, 0.29) is 35.1 Å². The van der Waals surface area contributed by atoms with Crippen LogP contribution in [0.1, 0.15) is 6.42 Å². The van der Waals surface area contributed by atoms with Gasteiger partial charge in [-0.05, 0) is 18.6 Å². The van der Waals surface area contributed by atoms with E-state index in [0.29, 0.717) is 5.75 Å². The van der Waals surface area contributed by atoms with Crippen molar-refractivity contribution in [2.75, 3.05) is 32.3 Å². The number of methoxy groups -OCH3 is 2. The number of nitrogens with zero attached hydrogens (tertiary/aromatic N) is 1. The van der Waals surface area contributed by atoms with E-state index in [9.17, 15) is 16.8 Å². The maximum atomic E-state index is 13.1. The Bertz CT molecular complexity index is 816. The highest BCUT2D eigenvalue weighted by Gasteiger charge is 2.39. The van der Waals surface area contributed by atoms with Crippen LogP contribution in [0.25, 0.3) is 0 Å². The number of benzene rings is 1. The summed E-state index contributed by atoms with van der Waals surface area (Å²) in [5.74, 6) is 0.334. The van der Waals surface area contributed by atoms with Crippen LogP contribution in [-0.4, -0.2) is 59.5 Å². The first-order valence-corrected chi connectivity index (χ1v) is 10.6. The Kier molecular flexibility index (Phi) is 5.56. The lowest BCUT2D eigenvalue weighted by molar-refractivity contribution is 0.358. The molecule has 0 aromatic heterocycles. The summed E-state index contributed by atoms with van der Waals surface area (Å²) in [5, 5.41) is 0. The molecule has 0 radical (unpaired) electrons. The Morgan fingerprint density at radius 2 is 2.04 bits per heavy atom. The normalized spacial score (nSPS) is 20.0. The summed E-state index contributed by atoms with van der Waals surface area (Å²) in [6.07, 6.45) is 1.71. The van der Waals surface area contributed by atoms with Crippen molar-refractivity contribution in [3.63, 3.8) is 0 Å². The number of sulfonamides is 1. The minimum Gasteiger partial charge on any atom is -0.497 e. The number of sulfone groups is 1. The first-order valence-electron chi connectivity index (χ1n) is 7.30. The molecular weight excluding hydrogens is 354 g/mol. The highest BCUT2D eigenvalue weighted by molar-refractivity contribution is 7.92. The molecule has 1 saturated heterocycles. The summed E-state index contributed by atoms with van der Waals surface area (Å²) in [5.41, 5.74) is 0. The summed E-state index contributed by atoms with van der Waals surface area (Å²) in [7, 11) is -4.40. The molecule has 1 atom stereocenters. The molecule has 1 heterocycles. The molecule has 2 rings (SSSR count). The minimum absolute atomic E-state index is 0.0168. The molecule has 1 aliphatic rings. The van der Waals surface area contributed by atoms with Crippen LogP contribution in [0, 0.1) is 0 Å². The summed E-state index contributed by atoms with van der Waals surface area (Å²) in [4.78, 5) is -0.0597. The molecule has 0 N–H and O–H groups in total. The van der Waals surface area contributed by atoms with Gasteiger partial charge in [0, 0.05) is 18.7 Å². The van der Waals surface area contributed by atoms with Crippen molar-refractivity contribution in [3.05, 3.63) is 30.9 Å². The second-order valence-corrected chi connectivity index (χ2v) is 9.52. The van der Waals surface area contributed by atoms with Gasteiger partial charge in [-0.1, -0.05) is 6.08 Å². The summed E-state index contributed by atoms with van der Waals surface area (Å²) in [6, 6.07) is 3.85. The van der Waals surface area contributed by atoms with E-state index in [0.717, 1.165) is 0 Å². The van der Waals surface area contributed by atoms with E-state index in [1.807, 2.05) is 0 Å². The minimum atomic E-state index is -3.98. The number of hydrogen-bond acceptors (Lipinski definition) is 6. The summed E-state index contributed by atoms with van der Waals surface area (Å²) in [6.45, 7) is 3.60. The molecule has 0 bridgehead atoms. The van der Waals surface area contributed by atoms with Gasteiger partial charge in [-0.3, -0.25) is 0 Å². The van der Waals surface area contributed by atoms with Gasteiger partial charge in [0.25, 0.3) is 0 Å². The third-order valence-electron chi connectivity index (χ3n) is 3.88. The Labute approximate surface area is 142 Å². The van der Waals surface area contributed by atoms with Crippen molar-refractivity contribution in [3.8, 4) is 11.5 Å². The fourth-order valence-electron chi connectivity index (χ4n) is 2.69. The zero-order valence-electron chi connectivity index (χ0n) is 13.6. The highest BCUT2D eigenvalue weighted by Crippen LogP contribution is 2.33. The second-order valence-electron chi connectivity index (χ2n) is 5.44. The Morgan fingerprint density at radius 3 is 2.54 bits per heavy atom. The van der Waals surface area contributed by atoms with Crippen LogP contribution < -0.4 is 9.47 Å². The molecular formula is C15H21NO6S2. The highest BCUT2D eigenvalue weighted by atomic mass is 32.2. The van der Waals surface area contributed by atoms with Crippen LogP contribution in [0.5, 0.6) is 11.5 Å². The van der Waals surface area contributed by atoms with Gasteiger partial charge in [0.05, 0.1) is 25.7 Å². The van der Waals surface area contributed by atoms with Crippen molar-refractivity contribution >= 4 is 19.9 Å². The lowest BCUT2D eigenvalue weighted by Crippen LogP contribution is -2.41. The first-order chi connectivity index (χ1) is 11.2.